The number of carbonyl (C=O) groups is 1. The Morgan fingerprint density at radius 3 is 2.75 bits per heavy atom. The quantitative estimate of drug-likeness (QED) is 0.655. The molecular weight excluding hydrogens is 330 g/mol. The van der Waals surface area contributed by atoms with Crippen LogP contribution in [0.2, 0.25) is 0 Å². The summed E-state index contributed by atoms with van der Waals surface area (Å²) in [5.74, 6) is 0.425. The summed E-state index contributed by atoms with van der Waals surface area (Å²) in [5, 5.41) is 14.3. The average Bonchev–Trinajstić information content (AvgIpc) is 3.26. The molecule has 1 aromatic rings. The predicted molar refractivity (Wildman–Crippen MR) is 92.1 cm³/mol. The number of non-ortho nitro benzene ring substituents is 1. The zero-order valence-electron chi connectivity index (χ0n) is 13.5. The van der Waals surface area contributed by atoms with E-state index < -0.39 is 0 Å². The van der Waals surface area contributed by atoms with Gasteiger partial charge >= 0.3 is 0 Å². The van der Waals surface area contributed by atoms with Gasteiger partial charge in [-0.25, -0.2) is 0 Å². The smallest absolute Gasteiger partial charge is 0.269 e. The number of hydrogen-bond donors (Lipinski definition) is 1. The van der Waals surface area contributed by atoms with Gasteiger partial charge in [0.15, 0.2) is 0 Å². The molecule has 1 amide bonds. The molecule has 1 unspecified atom stereocenters. The van der Waals surface area contributed by atoms with Crippen molar-refractivity contribution in [3.05, 3.63) is 39.4 Å². The maximum atomic E-state index is 12.8. The molecule has 3 aliphatic rings. The van der Waals surface area contributed by atoms with Crippen LogP contribution in [0.15, 0.2) is 18.2 Å². The number of nitrogens with one attached hydrogen (secondary N) is 1. The molecule has 1 aromatic carbocycles. The number of benzene rings is 1. The fourth-order valence-corrected chi connectivity index (χ4v) is 4.24. The van der Waals surface area contributed by atoms with Crippen molar-refractivity contribution in [2.75, 3.05) is 19.6 Å². The molecule has 1 atom stereocenters. The van der Waals surface area contributed by atoms with E-state index in [1.807, 2.05) is 11.0 Å². The zero-order valence-corrected chi connectivity index (χ0v) is 14.3. The number of nitro benzene ring substituents is 1. The van der Waals surface area contributed by atoms with E-state index in [0.29, 0.717) is 6.54 Å². The van der Waals surface area contributed by atoms with Crippen LogP contribution < -0.4 is 5.32 Å². The third kappa shape index (κ3) is 2.89. The van der Waals surface area contributed by atoms with E-state index in [0.717, 1.165) is 56.4 Å². The summed E-state index contributed by atoms with van der Waals surface area (Å²) in [6, 6.07) is 5.02. The fraction of sp³-hybridized carbons (Fsp3) is 0.588. The predicted octanol–water partition coefficient (Wildman–Crippen LogP) is 2.29. The van der Waals surface area contributed by atoms with Gasteiger partial charge in [0, 0.05) is 31.1 Å². The standard InChI is InChI=1S/C17H21N3O3.ClH/c21-16(15-10-17(15)4-6-18-7-5-17)19-8-3-12-1-2-14(20(22)23)9-13(12)11-19;/h1-2,9,15,18H,3-8,10-11H2;1H. The molecule has 7 heteroatoms. The number of hydrogen-bond acceptors (Lipinski definition) is 4. The highest BCUT2D eigenvalue weighted by Crippen LogP contribution is 2.59. The molecule has 24 heavy (non-hydrogen) atoms. The minimum Gasteiger partial charge on any atom is -0.338 e. The second kappa shape index (κ2) is 6.33. The monoisotopic (exact) mass is 351 g/mol. The minimum atomic E-state index is -0.369. The molecule has 1 spiro atoms. The van der Waals surface area contributed by atoms with Crippen molar-refractivity contribution >= 4 is 24.0 Å². The van der Waals surface area contributed by atoms with Gasteiger partial charge < -0.3 is 10.2 Å². The molecule has 1 saturated heterocycles. The molecule has 1 saturated carbocycles. The second-order valence-corrected chi connectivity index (χ2v) is 7.09. The Balaban J connectivity index is 0.00000169. The number of carbonyl (C=O) groups excluding carboxylic acids is 1. The van der Waals surface area contributed by atoms with Gasteiger partial charge in [-0.2, -0.15) is 0 Å². The Kier molecular flexibility index (Phi) is 4.53. The molecule has 0 bridgehead atoms. The van der Waals surface area contributed by atoms with E-state index in [4.69, 9.17) is 0 Å². The molecule has 1 N–H and O–H groups in total. The number of fused-ring (bicyclic) bond motifs is 1. The molecule has 0 radical (unpaired) electrons. The van der Waals surface area contributed by atoms with Gasteiger partial charge in [0.05, 0.1) is 4.92 Å². The second-order valence-electron chi connectivity index (χ2n) is 7.09. The highest BCUT2D eigenvalue weighted by molar-refractivity contribution is 5.85. The Hall–Kier alpha value is -1.66. The number of halogens is 1. The Labute approximate surface area is 147 Å². The topological polar surface area (TPSA) is 75.5 Å². The normalized spacial score (nSPS) is 24.0. The summed E-state index contributed by atoms with van der Waals surface area (Å²) in [5.41, 5.74) is 2.41. The van der Waals surface area contributed by atoms with Crippen molar-refractivity contribution in [3.63, 3.8) is 0 Å². The van der Waals surface area contributed by atoms with Crippen LogP contribution in [0.4, 0.5) is 5.69 Å². The van der Waals surface area contributed by atoms with Gasteiger partial charge in [0.1, 0.15) is 0 Å². The van der Waals surface area contributed by atoms with Gasteiger partial charge in [-0.15, -0.1) is 12.4 Å². The number of nitro groups is 1. The van der Waals surface area contributed by atoms with Crippen LogP contribution in [0.1, 0.15) is 30.4 Å². The molecule has 4 rings (SSSR count). The molecule has 2 heterocycles. The van der Waals surface area contributed by atoms with Gasteiger partial charge in [0.2, 0.25) is 5.91 Å². The molecular formula is C17H22ClN3O3. The first-order valence-electron chi connectivity index (χ1n) is 8.35. The maximum Gasteiger partial charge on any atom is 0.269 e. The third-order valence-corrected chi connectivity index (χ3v) is 5.81. The van der Waals surface area contributed by atoms with E-state index in [1.54, 1.807) is 12.1 Å². The highest BCUT2D eigenvalue weighted by atomic mass is 35.5. The number of amides is 1. The molecule has 0 aromatic heterocycles. The van der Waals surface area contributed by atoms with Crippen LogP contribution in [0.5, 0.6) is 0 Å². The summed E-state index contributed by atoms with van der Waals surface area (Å²) in [6.07, 6.45) is 4.00. The van der Waals surface area contributed by atoms with Crippen molar-refractivity contribution < 1.29 is 9.72 Å². The zero-order chi connectivity index (χ0) is 16.0. The summed E-state index contributed by atoms with van der Waals surface area (Å²) in [6.45, 7) is 3.27. The Morgan fingerprint density at radius 1 is 1.29 bits per heavy atom. The first kappa shape index (κ1) is 17.2. The maximum absolute atomic E-state index is 12.8. The highest BCUT2D eigenvalue weighted by Gasteiger charge is 2.58. The molecule has 6 nitrogen and oxygen atoms in total. The summed E-state index contributed by atoms with van der Waals surface area (Å²) in [7, 11) is 0. The van der Waals surface area contributed by atoms with E-state index >= 15 is 0 Å². The van der Waals surface area contributed by atoms with Crippen molar-refractivity contribution in [1.82, 2.24) is 10.2 Å². The summed E-state index contributed by atoms with van der Waals surface area (Å²) < 4.78 is 0. The average molecular weight is 352 g/mol. The van der Waals surface area contributed by atoms with Crippen LogP contribution in [0, 0.1) is 21.4 Å². The molecule has 2 fully saturated rings. The lowest BCUT2D eigenvalue weighted by Gasteiger charge is -2.30. The van der Waals surface area contributed by atoms with E-state index in [-0.39, 0.29) is 40.3 Å². The number of rotatable bonds is 2. The number of piperidine rings is 1. The van der Waals surface area contributed by atoms with Crippen molar-refractivity contribution in [2.45, 2.75) is 32.2 Å². The summed E-state index contributed by atoms with van der Waals surface area (Å²) in [4.78, 5) is 25.3. The lowest BCUT2D eigenvalue weighted by molar-refractivity contribution is -0.385. The van der Waals surface area contributed by atoms with E-state index in [9.17, 15) is 14.9 Å². The first-order chi connectivity index (χ1) is 11.1. The fourth-order valence-electron chi connectivity index (χ4n) is 4.24. The molecule has 130 valence electrons. The van der Waals surface area contributed by atoms with Gasteiger partial charge in [0.25, 0.3) is 5.69 Å². The van der Waals surface area contributed by atoms with Crippen molar-refractivity contribution in [3.8, 4) is 0 Å². The van der Waals surface area contributed by atoms with Gasteiger partial charge in [-0.3, -0.25) is 14.9 Å². The molecule has 1 aliphatic carbocycles. The Bertz CT molecular complexity index is 673. The van der Waals surface area contributed by atoms with Crippen LogP contribution in [0.25, 0.3) is 0 Å². The van der Waals surface area contributed by atoms with Crippen LogP contribution in [-0.2, 0) is 17.8 Å². The van der Waals surface area contributed by atoms with Crippen molar-refractivity contribution in [2.24, 2.45) is 11.3 Å². The van der Waals surface area contributed by atoms with Gasteiger partial charge in [-0.1, -0.05) is 6.07 Å². The third-order valence-electron chi connectivity index (χ3n) is 5.81. The van der Waals surface area contributed by atoms with E-state index in [2.05, 4.69) is 5.32 Å². The van der Waals surface area contributed by atoms with Gasteiger partial charge in [-0.05, 0) is 55.3 Å². The van der Waals surface area contributed by atoms with E-state index in [1.165, 1.54) is 0 Å². The van der Waals surface area contributed by atoms with Crippen molar-refractivity contribution in [1.29, 1.82) is 0 Å². The van der Waals surface area contributed by atoms with Crippen LogP contribution in [0.3, 0.4) is 0 Å². The van der Waals surface area contributed by atoms with Crippen LogP contribution >= 0.6 is 12.4 Å². The summed E-state index contributed by atoms with van der Waals surface area (Å²) >= 11 is 0. The Morgan fingerprint density at radius 2 is 2.04 bits per heavy atom. The SMILES string of the molecule is Cl.O=C(C1CC12CCNCC2)N1CCc2ccc([N+](=O)[O-])cc2C1. The lowest BCUT2D eigenvalue weighted by atomic mass is 9.91. The number of nitrogens with zero attached hydrogens (tertiary/aromatic N) is 2. The van der Waals surface area contributed by atoms with Crippen LogP contribution in [-0.4, -0.2) is 35.4 Å². The lowest BCUT2D eigenvalue weighted by Crippen LogP contribution is -2.39. The largest absolute Gasteiger partial charge is 0.338 e. The minimum absolute atomic E-state index is 0. The first-order valence-corrected chi connectivity index (χ1v) is 8.35. The molecule has 2 aliphatic heterocycles.